The Hall–Kier alpha value is -0.660. The SMILES string of the molecule is CCC(N)C(OCC(F)(F)C(F)F)c1cccs1. The van der Waals surface area contributed by atoms with Gasteiger partial charge >= 0.3 is 12.3 Å². The number of rotatable bonds is 7. The first-order chi connectivity index (χ1) is 8.38. The minimum Gasteiger partial charge on any atom is -0.365 e. The predicted octanol–water partition coefficient (Wildman–Crippen LogP) is 3.44. The predicted molar refractivity (Wildman–Crippen MR) is 62.2 cm³/mol. The van der Waals surface area contributed by atoms with Crippen LogP contribution in [0.1, 0.15) is 24.3 Å². The summed E-state index contributed by atoms with van der Waals surface area (Å²) >= 11 is 1.30. The number of alkyl halides is 4. The van der Waals surface area contributed by atoms with Gasteiger partial charge in [0.05, 0.1) is 0 Å². The molecule has 0 saturated heterocycles. The number of nitrogens with two attached hydrogens (primary N) is 1. The van der Waals surface area contributed by atoms with Crippen LogP contribution in [0.2, 0.25) is 0 Å². The van der Waals surface area contributed by atoms with Crippen LogP contribution in [0.5, 0.6) is 0 Å². The molecule has 0 aliphatic rings. The molecule has 0 aliphatic carbocycles. The summed E-state index contributed by atoms with van der Waals surface area (Å²) in [5.41, 5.74) is 5.76. The second-order valence-electron chi connectivity index (χ2n) is 3.88. The average Bonchev–Trinajstić information content (AvgIpc) is 2.82. The lowest BCUT2D eigenvalue weighted by Crippen LogP contribution is -2.36. The maximum Gasteiger partial charge on any atom is 0.330 e. The zero-order valence-electron chi connectivity index (χ0n) is 9.78. The quantitative estimate of drug-likeness (QED) is 0.779. The van der Waals surface area contributed by atoms with E-state index in [1.807, 2.05) is 0 Å². The third-order valence-electron chi connectivity index (χ3n) is 2.46. The smallest absolute Gasteiger partial charge is 0.330 e. The molecular weight excluding hydrogens is 270 g/mol. The minimum absolute atomic E-state index is 0.503. The van der Waals surface area contributed by atoms with E-state index in [1.54, 1.807) is 24.4 Å². The fourth-order valence-corrected chi connectivity index (χ4v) is 2.20. The standard InChI is InChI=1S/C11H15F4NOS/c1-2-7(16)9(8-4-3-5-18-8)17-6-11(14,15)10(12)13/h3-5,7,9-10H,2,6,16H2,1H3. The van der Waals surface area contributed by atoms with Crippen molar-refractivity contribution in [1.82, 2.24) is 0 Å². The van der Waals surface area contributed by atoms with Gasteiger partial charge < -0.3 is 10.5 Å². The van der Waals surface area contributed by atoms with E-state index >= 15 is 0 Å². The Balaban J connectivity index is 2.69. The molecular formula is C11H15F4NOS. The summed E-state index contributed by atoms with van der Waals surface area (Å²) in [6, 6.07) is 2.91. The first-order valence-electron chi connectivity index (χ1n) is 5.45. The Bertz CT molecular complexity index is 345. The lowest BCUT2D eigenvalue weighted by molar-refractivity contribution is -0.178. The molecule has 1 heterocycles. The Labute approximate surface area is 107 Å². The number of halogens is 4. The molecule has 104 valence electrons. The fraction of sp³-hybridized carbons (Fsp3) is 0.636. The molecule has 7 heteroatoms. The van der Waals surface area contributed by atoms with Gasteiger partial charge in [-0.3, -0.25) is 0 Å². The van der Waals surface area contributed by atoms with Crippen molar-refractivity contribution in [3.63, 3.8) is 0 Å². The minimum atomic E-state index is -4.15. The molecule has 0 fully saturated rings. The van der Waals surface area contributed by atoms with E-state index in [1.165, 1.54) is 11.3 Å². The summed E-state index contributed by atoms with van der Waals surface area (Å²) < 4.78 is 54.6. The molecule has 0 aromatic carbocycles. The third kappa shape index (κ3) is 3.93. The molecule has 2 unspecified atom stereocenters. The van der Waals surface area contributed by atoms with Crippen LogP contribution in [0.15, 0.2) is 17.5 Å². The Morgan fingerprint density at radius 2 is 2.11 bits per heavy atom. The summed E-state index contributed by atoms with van der Waals surface area (Å²) in [5.74, 6) is -4.15. The van der Waals surface area contributed by atoms with E-state index in [4.69, 9.17) is 10.5 Å². The Kier molecular flexibility index (Phi) is 5.55. The summed E-state index contributed by atoms with van der Waals surface area (Å²) in [4.78, 5) is 0.661. The van der Waals surface area contributed by atoms with Gasteiger partial charge in [0, 0.05) is 10.9 Å². The van der Waals surface area contributed by atoms with E-state index in [-0.39, 0.29) is 0 Å². The zero-order chi connectivity index (χ0) is 13.8. The van der Waals surface area contributed by atoms with Crippen molar-refractivity contribution in [2.24, 2.45) is 5.73 Å². The molecule has 0 amide bonds. The van der Waals surface area contributed by atoms with Gasteiger partial charge in [0.25, 0.3) is 0 Å². The van der Waals surface area contributed by atoms with Crippen LogP contribution in [0.3, 0.4) is 0 Å². The van der Waals surface area contributed by atoms with Crippen LogP contribution in [0, 0.1) is 0 Å². The number of thiophene rings is 1. The zero-order valence-corrected chi connectivity index (χ0v) is 10.6. The van der Waals surface area contributed by atoms with Gasteiger partial charge in [-0.25, -0.2) is 8.78 Å². The normalized spacial score (nSPS) is 15.9. The van der Waals surface area contributed by atoms with Crippen LogP contribution < -0.4 is 5.73 Å². The molecule has 2 atom stereocenters. The van der Waals surface area contributed by atoms with Gasteiger partial charge in [0.2, 0.25) is 0 Å². The topological polar surface area (TPSA) is 35.2 Å². The number of hydrogen-bond donors (Lipinski definition) is 1. The highest BCUT2D eigenvalue weighted by Gasteiger charge is 2.42. The Morgan fingerprint density at radius 3 is 2.56 bits per heavy atom. The molecule has 0 aliphatic heterocycles. The van der Waals surface area contributed by atoms with E-state index in [0.29, 0.717) is 11.3 Å². The van der Waals surface area contributed by atoms with Crippen LogP contribution >= 0.6 is 11.3 Å². The van der Waals surface area contributed by atoms with E-state index in [9.17, 15) is 17.6 Å². The highest BCUT2D eigenvalue weighted by molar-refractivity contribution is 7.10. The Morgan fingerprint density at radius 1 is 1.44 bits per heavy atom. The molecule has 0 spiro atoms. The largest absolute Gasteiger partial charge is 0.365 e. The number of hydrogen-bond acceptors (Lipinski definition) is 3. The molecule has 2 N–H and O–H groups in total. The van der Waals surface area contributed by atoms with Crippen molar-refractivity contribution >= 4 is 11.3 Å². The van der Waals surface area contributed by atoms with Gasteiger partial charge in [0.15, 0.2) is 0 Å². The average molecular weight is 285 g/mol. The summed E-state index contributed by atoms with van der Waals surface area (Å²) in [7, 11) is 0. The first kappa shape index (κ1) is 15.4. The van der Waals surface area contributed by atoms with E-state index in [0.717, 1.165) is 0 Å². The van der Waals surface area contributed by atoms with Crippen LogP contribution in [0.25, 0.3) is 0 Å². The molecule has 1 aromatic rings. The van der Waals surface area contributed by atoms with Crippen molar-refractivity contribution in [2.75, 3.05) is 6.61 Å². The number of ether oxygens (including phenoxy) is 1. The lowest BCUT2D eigenvalue weighted by atomic mass is 10.1. The molecule has 0 saturated carbocycles. The highest BCUT2D eigenvalue weighted by atomic mass is 32.1. The molecule has 1 aromatic heterocycles. The molecule has 1 rings (SSSR count). The summed E-state index contributed by atoms with van der Waals surface area (Å²) in [5, 5.41) is 1.75. The molecule has 2 nitrogen and oxygen atoms in total. The van der Waals surface area contributed by atoms with Gasteiger partial charge in [-0.2, -0.15) is 8.78 Å². The van der Waals surface area contributed by atoms with Crippen LogP contribution in [-0.4, -0.2) is 25.0 Å². The second-order valence-corrected chi connectivity index (χ2v) is 4.86. The van der Waals surface area contributed by atoms with Crippen molar-refractivity contribution < 1.29 is 22.3 Å². The molecule has 0 bridgehead atoms. The third-order valence-corrected chi connectivity index (χ3v) is 3.39. The van der Waals surface area contributed by atoms with Crippen molar-refractivity contribution in [3.05, 3.63) is 22.4 Å². The van der Waals surface area contributed by atoms with Crippen molar-refractivity contribution in [3.8, 4) is 0 Å². The molecule has 18 heavy (non-hydrogen) atoms. The van der Waals surface area contributed by atoms with Gasteiger partial charge in [0.1, 0.15) is 12.7 Å². The highest BCUT2D eigenvalue weighted by Crippen LogP contribution is 2.30. The van der Waals surface area contributed by atoms with Crippen molar-refractivity contribution in [2.45, 2.75) is 37.8 Å². The lowest BCUT2D eigenvalue weighted by Gasteiger charge is -2.25. The first-order valence-corrected chi connectivity index (χ1v) is 6.33. The molecule has 0 radical (unpaired) electrons. The van der Waals surface area contributed by atoms with Gasteiger partial charge in [-0.05, 0) is 17.9 Å². The summed E-state index contributed by atoms with van der Waals surface area (Å²) in [6.45, 7) is 0.445. The van der Waals surface area contributed by atoms with Crippen LogP contribution in [0.4, 0.5) is 17.6 Å². The second kappa shape index (κ2) is 6.49. The van der Waals surface area contributed by atoms with Gasteiger partial charge in [-0.15, -0.1) is 11.3 Å². The van der Waals surface area contributed by atoms with Gasteiger partial charge in [-0.1, -0.05) is 13.0 Å². The maximum absolute atomic E-state index is 12.8. The van der Waals surface area contributed by atoms with Crippen LogP contribution in [-0.2, 0) is 4.74 Å². The van der Waals surface area contributed by atoms with Crippen molar-refractivity contribution in [1.29, 1.82) is 0 Å². The monoisotopic (exact) mass is 285 g/mol. The fourth-order valence-electron chi connectivity index (χ4n) is 1.35. The van der Waals surface area contributed by atoms with E-state index < -0.39 is 31.1 Å². The summed E-state index contributed by atoms with van der Waals surface area (Å²) in [6.07, 6.45) is -4.01. The van der Waals surface area contributed by atoms with E-state index in [2.05, 4.69) is 0 Å². The maximum atomic E-state index is 12.8.